The van der Waals surface area contributed by atoms with E-state index in [1.54, 1.807) is 0 Å². The summed E-state index contributed by atoms with van der Waals surface area (Å²) in [7, 11) is 0. The first kappa shape index (κ1) is 18.7. The molecule has 1 aromatic heterocycles. The zero-order valence-corrected chi connectivity index (χ0v) is 16.3. The number of ether oxygens (including phenoxy) is 1. The molecule has 0 radical (unpaired) electrons. The van der Waals surface area contributed by atoms with Gasteiger partial charge in [0.15, 0.2) is 0 Å². The van der Waals surface area contributed by atoms with Crippen molar-refractivity contribution in [3.05, 3.63) is 53.7 Å². The van der Waals surface area contributed by atoms with Gasteiger partial charge < -0.3 is 9.64 Å². The molecule has 0 bridgehead atoms. The number of aromatic nitrogens is 1. The number of hydrogen-bond donors (Lipinski definition) is 0. The smallest absolute Gasteiger partial charge is 0.132 e. The highest BCUT2D eigenvalue weighted by molar-refractivity contribution is 5.48. The van der Waals surface area contributed by atoms with Gasteiger partial charge in [-0.1, -0.05) is 39.0 Å². The fourth-order valence-electron chi connectivity index (χ4n) is 3.45. The summed E-state index contributed by atoms with van der Waals surface area (Å²) in [5, 5.41) is 0. The van der Waals surface area contributed by atoms with Crippen LogP contribution in [0.25, 0.3) is 0 Å². The summed E-state index contributed by atoms with van der Waals surface area (Å²) >= 11 is 0. The van der Waals surface area contributed by atoms with Gasteiger partial charge in [0.25, 0.3) is 0 Å². The van der Waals surface area contributed by atoms with Crippen LogP contribution in [0.5, 0.6) is 5.75 Å². The molecule has 0 N–H and O–H groups in total. The van der Waals surface area contributed by atoms with Crippen LogP contribution < -0.4 is 9.64 Å². The summed E-state index contributed by atoms with van der Waals surface area (Å²) in [5.41, 5.74) is 2.68. The SMILES string of the molecule is CCCOc1cccc(CN2CCN(c3ncccc3C(C)C)CC2)c1. The van der Waals surface area contributed by atoms with Crippen LogP contribution in [-0.2, 0) is 6.54 Å². The van der Waals surface area contributed by atoms with Gasteiger partial charge in [-0.15, -0.1) is 0 Å². The first-order valence-corrected chi connectivity index (χ1v) is 9.81. The van der Waals surface area contributed by atoms with Crippen molar-refractivity contribution in [2.24, 2.45) is 0 Å². The summed E-state index contributed by atoms with van der Waals surface area (Å²) in [6.45, 7) is 12.6. The number of rotatable bonds is 7. The molecule has 1 aromatic carbocycles. The molecular formula is C22H31N3O. The van der Waals surface area contributed by atoms with Crippen molar-refractivity contribution in [1.82, 2.24) is 9.88 Å². The minimum absolute atomic E-state index is 0.502. The van der Waals surface area contributed by atoms with E-state index >= 15 is 0 Å². The first-order valence-electron chi connectivity index (χ1n) is 9.81. The van der Waals surface area contributed by atoms with E-state index in [0.29, 0.717) is 5.92 Å². The van der Waals surface area contributed by atoms with Crippen LogP contribution >= 0.6 is 0 Å². The van der Waals surface area contributed by atoms with Crippen LogP contribution in [0.3, 0.4) is 0 Å². The van der Waals surface area contributed by atoms with Crippen LogP contribution in [0, 0.1) is 0 Å². The Bertz CT molecular complexity index is 693. The van der Waals surface area contributed by atoms with E-state index in [-0.39, 0.29) is 0 Å². The van der Waals surface area contributed by atoms with Gasteiger partial charge >= 0.3 is 0 Å². The Morgan fingerprint density at radius 2 is 1.88 bits per heavy atom. The highest BCUT2D eigenvalue weighted by atomic mass is 16.5. The highest BCUT2D eigenvalue weighted by Crippen LogP contribution is 2.26. The molecule has 1 saturated heterocycles. The van der Waals surface area contributed by atoms with Crippen molar-refractivity contribution in [3.8, 4) is 5.75 Å². The molecular weight excluding hydrogens is 322 g/mol. The molecule has 1 fully saturated rings. The molecule has 1 aliphatic heterocycles. The number of piperazine rings is 1. The van der Waals surface area contributed by atoms with Gasteiger partial charge in [-0.3, -0.25) is 4.90 Å². The Morgan fingerprint density at radius 1 is 1.08 bits per heavy atom. The summed E-state index contributed by atoms with van der Waals surface area (Å²) in [4.78, 5) is 9.62. The van der Waals surface area contributed by atoms with Crippen molar-refractivity contribution < 1.29 is 4.74 Å². The number of anilines is 1. The van der Waals surface area contributed by atoms with Crippen LogP contribution in [0.4, 0.5) is 5.82 Å². The number of benzene rings is 1. The normalized spacial score (nSPS) is 15.5. The second-order valence-electron chi connectivity index (χ2n) is 7.33. The average Bonchev–Trinajstić information content (AvgIpc) is 2.67. The third-order valence-electron chi connectivity index (χ3n) is 4.89. The van der Waals surface area contributed by atoms with E-state index in [1.807, 2.05) is 18.3 Å². The Labute approximate surface area is 157 Å². The third-order valence-corrected chi connectivity index (χ3v) is 4.89. The first-order chi connectivity index (χ1) is 12.7. The van der Waals surface area contributed by atoms with Gasteiger partial charge in [-0.25, -0.2) is 4.98 Å². The third kappa shape index (κ3) is 4.76. The molecule has 0 amide bonds. The van der Waals surface area contributed by atoms with Gasteiger partial charge in [-0.05, 0) is 41.7 Å². The van der Waals surface area contributed by atoms with E-state index in [2.05, 4.69) is 59.8 Å². The number of hydrogen-bond acceptors (Lipinski definition) is 4. The number of nitrogens with zero attached hydrogens (tertiary/aromatic N) is 3. The molecule has 4 nitrogen and oxygen atoms in total. The molecule has 1 aliphatic rings. The van der Waals surface area contributed by atoms with Crippen LogP contribution in [0.1, 0.15) is 44.2 Å². The second-order valence-corrected chi connectivity index (χ2v) is 7.33. The largest absolute Gasteiger partial charge is 0.494 e. The lowest BCUT2D eigenvalue weighted by molar-refractivity contribution is 0.248. The average molecular weight is 354 g/mol. The topological polar surface area (TPSA) is 28.6 Å². The Morgan fingerprint density at radius 3 is 2.62 bits per heavy atom. The molecule has 0 spiro atoms. The second kappa shape index (κ2) is 9.04. The van der Waals surface area contributed by atoms with Crippen molar-refractivity contribution >= 4 is 5.82 Å². The Hall–Kier alpha value is -2.07. The molecule has 140 valence electrons. The predicted molar refractivity (Wildman–Crippen MR) is 108 cm³/mol. The molecule has 2 heterocycles. The van der Waals surface area contributed by atoms with Gasteiger partial charge in [0.2, 0.25) is 0 Å². The maximum absolute atomic E-state index is 5.76. The minimum atomic E-state index is 0.502. The summed E-state index contributed by atoms with van der Waals surface area (Å²) in [6.07, 6.45) is 2.95. The standard InChI is InChI=1S/C22H31N3O/c1-4-15-26-20-8-5-7-19(16-20)17-24-11-13-25(14-12-24)22-21(18(2)3)9-6-10-23-22/h5-10,16,18H,4,11-15,17H2,1-3H3. The van der Waals surface area contributed by atoms with Gasteiger partial charge in [-0.2, -0.15) is 0 Å². The predicted octanol–water partition coefficient (Wildman–Crippen LogP) is 4.32. The minimum Gasteiger partial charge on any atom is -0.494 e. The molecule has 4 heteroatoms. The number of pyridine rings is 1. The van der Waals surface area contributed by atoms with Crippen molar-refractivity contribution in [3.63, 3.8) is 0 Å². The highest BCUT2D eigenvalue weighted by Gasteiger charge is 2.21. The summed E-state index contributed by atoms with van der Waals surface area (Å²) < 4.78 is 5.76. The Balaban J connectivity index is 1.58. The molecule has 0 aliphatic carbocycles. The van der Waals surface area contributed by atoms with Gasteiger partial charge in [0.1, 0.15) is 11.6 Å². The van der Waals surface area contributed by atoms with Crippen molar-refractivity contribution in [1.29, 1.82) is 0 Å². The summed E-state index contributed by atoms with van der Waals surface area (Å²) in [5.74, 6) is 2.65. The lowest BCUT2D eigenvalue weighted by Gasteiger charge is -2.36. The van der Waals surface area contributed by atoms with E-state index in [0.717, 1.165) is 57.3 Å². The fourth-order valence-corrected chi connectivity index (χ4v) is 3.45. The lowest BCUT2D eigenvalue weighted by atomic mass is 10.0. The molecule has 0 atom stereocenters. The molecule has 0 unspecified atom stereocenters. The Kier molecular flexibility index (Phi) is 6.51. The van der Waals surface area contributed by atoms with Crippen molar-refractivity contribution in [2.75, 3.05) is 37.7 Å². The lowest BCUT2D eigenvalue weighted by Crippen LogP contribution is -2.46. The monoisotopic (exact) mass is 353 g/mol. The zero-order valence-electron chi connectivity index (χ0n) is 16.3. The van der Waals surface area contributed by atoms with E-state index in [9.17, 15) is 0 Å². The van der Waals surface area contributed by atoms with E-state index in [1.165, 1.54) is 11.1 Å². The maximum Gasteiger partial charge on any atom is 0.132 e. The van der Waals surface area contributed by atoms with Crippen LogP contribution in [0.2, 0.25) is 0 Å². The maximum atomic E-state index is 5.76. The van der Waals surface area contributed by atoms with Crippen LogP contribution in [-0.4, -0.2) is 42.7 Å². The summed E-state index contributed by atoms with van der Waals surface area (Å²) in [6, 6.07) is 12.8. The molecule has 2 aromatic rings. The zero-order chi connectivity index (χ0) is 18.4. The fraction of sp³-hybridized carbons (Fsp3) is 0.500. The van der Waals surface area contributed by atoms with Gasteiger partial charge in [0, 0.05) is 38.9 Å². The van der Waals surface area contributed by atoms with E-state index in [4.69, 9.17) is 4.74 Å². The molecule has 26 heavy (non-hydrogen) atoms. The quantitative estimate of drug-likeness (QED) is 0.741. The van der Waals surface area contributed by atoms with Gasteiger partial charge in [0.05, 0.1) is 6.61 Å². The molecule has 3 rings (SSSR count). The van der Waals surface area contributed by atoms with Crippen molar-refractivity contribution in [2.45, 2.75) is 39.7 Å². The van der Waals surface area contributed by atoms with E-state index < -0.39 is 0 Å². The molecule has 0 saturated carbocycles. The van der Waals surface area contributed by atoms with Crippen LogP contribution in [0.15, 0.2) is 42.6 Å².